The van der Waals surface area contributed by atoms with E-state index in [4.69, 9.17) is 4.74 Å². The number of rotatable bonds is 6. The Morgan fingerprint density at radius 3 is 2.42 bits per heavy atom. The molecule has 0 aliphatic carbocycles. The van der Waals surface area contributed by atoms with Crippen LogP contribution in [0.1, 0.15) is 15.9 Å². The van der Waals surface area contributed by atoms with E-state index in [0.29, 0.717) is 13.0 Å². The van der Waals surface area contributed by atoms with Crippen LogP contribution in [0, 0.1) is 5.82 Å². The van der Waals surface area contributed by atoms with Crippen molar-refractivity contribution in [2.45, 2.75) is 6.42 Å². The summed E-state index contributed by atoms with van der Waals surface area (Å²) < 4.78 is 19.4. The van der Waals surface area contributed by atoms with Crippen molar-refractivity contribution in [2.24, 2.45) is 0 Å². The van der Waals surface area contributed by atoms with Crippen LogP contribution < -0.4 is 9.64 Å². The van der Waals surface area contributed by atoms with Gasteiger partial charge in [-0.05, 0) is 48.4 Å². The Balaban J connectivity index is 1.87. The molecule has 0 aliphatic heterocycles. The van der Waals surface area contributed by atoms with Crippen LogP contribution in [0.2, 0.25) is 0 Å². The highest BCUT2D eigenvalue weighted by Crippen LogP contribution is 2.20. The summed E-state index contributed by atoms with van der Waals surface area (Å²) in [6, 6.07) is 23.1. The minimum Gasteiger partial charge on any atom is -0.497 e. The number of carbonyl (C=O) groups is 1. The van der Waals surface area contributed by atoms with E-state index in [1.807, 2.05) is 54.6 Å². The molecule has 3 aromatic carbocycles. The number of hydrogen-bond acceptors (Lipinski definition) is 2. The lowest BCUT2D eigenvalue weighted by Crippen LogP contribution is -2.33. The topological polar surface area (TPSA) is 29.5 Å². The molecule has 0 fully saturated rings. The summed E-state index contributed by atoms with van der Waals surface area (Å²) in [6.45, 7) is 0.435. The second-order valence-corrected chi connectivity index (χ2v) is 5.87. The third-order valence-corrected chi connectivity index (χ3v) is 4.18. The highest BCUT2D eigenvalue weighted by molar-refractivity contribution is 6.06. The first-order valence-electron chi connectivity index (χ1n) is 8.43. The van der Waals surface area contributed by atoms with Crippen molar-refractivity contribution >= 4 is 11.6 Å². The summed E-state index contributed by atoms with van der Waals surface area (Å²) in [6.07, 6.45) is 0.631. The predicted octanol–water partition coefficient (Wildman–Crippen LogP) is 4.72. The van der Waals surface area contributed by atoms with Gasteiger partial charge in [0.05, 0.1) is 12.7 Å². The molecule has 3 nitrogen and oxygen atoms in total. The molecule has 0 saturated carbocycles. The largest absolute Gasteiger partial charge is 0.497 e. The highest BCUT2D eigenvalue weighted by Gasteiger charge is 2.20. The Kier molecular flexibility index (Phi) is 5.64. The van der Waals surface area contributed by atoms with Gasteiger partial charge in [0.15, 0.2) is 0 Å². The highest BCUT2D eigenvalue weighted by atomic mass is 19.1. The summed E-state index contributed by atoms with van der Waals surface area (Å²) >= 11 is 0. The van der Waals surface area contributed by atoms with Gasteiger partial charge in [0.1, 0.15) is 11.6 Å². The van der Waals surface area contributed by atoms with Crippen LogP contribution in [0.4, 0.5) is 10.1 Å². The average Bonchev–Trinajstić information content (AvgIpc) is 2.69. The van der Waals surface area contributed by atoms with Crippen LogP contribution in [0.3, 0.4) is 0 Å². The van der Waals surface area contributed by atoms with Crippen molar-refractivity contribution < 1.29 is 13.9 Å². The van der Waals surface area contributed by atoms with Gasteiger partial charge in [-0.15, -0.1) is 0 Å². The van der Waals surface area contributed by atoms with E-state index in [9.17, 15) is 9.18 Å². The normalized spacial score (nSPS) is 10.4. The predicted molar refractivity (Wildman–Crippen MR) is 101 cm³/mol. The summed E-state index contributed by atoms with van der Waals surface area (Å²) in [4.78, 5) is 14.6. The zero-order chi connectivity index (χ0) is 18.4. The molecule has 0 aromatic heterocycles. The van der Waals surface area contributed by atoms with E-state index in [1.54, 1.807) is 24.1 Å². The number of anilines is 1. The molecule has 3 aromatic rings. The number of ether oxygens (including phenoxy) is 1. The first kappa shape index (κ1) is 17.7. The van der Waals surface area contributed by atoms with E-state index in [2.05, 4.69) is 0 Å². The Bertz CT molecular complexity index is 880. The monoisotopic (exact) mass is 349 g/mol. The summed E-state index contributed by atoms with van der Waals surface area (Å²) in [7, 11) is 1.62. The molecule has 0 radical (unpaired) electrons. The first-order chi connectivity index (χ1) is 12.7. The zero-order valence-electron chi connectivity index (χ0n) is 14.6. The first-order valence-corrected chi connectivity index (χ1v) is 8.43. The van der Waals surface area contributed by atoms with Crippen LogP contribution in [-0.4, -0.2) is 19.6 Å². The van der Waals surface area contributed by atoms with Crippen molar-refractivity contribution in [1.82, 2.24) is 0 Å². The van der Waals surface area contributed by atoms with E-state index in [0.717, 1.165) is 17.0 Å². The van der Waals surface area contributed by atoms with Gasteiger partial charge >= 0.3 is 0 Å². The van der Waals surface area contributed by atoms with Gasteiger partial charge in [0.25, 0.3) is 5.91 Å². The number of nitrogens with zero attached hydrogens (tertiary/aromatic N) is 1. The molecule has 0 saturated heterocycles. The van der Waals surface area contributed by atoms with Crippen LogP contribution in [0.25, 0.3) is 0 Å². The molecule has 0 unspecified atom stereocenters. The molecule has 3 rings (SSSR count). The molecule has 4 heteroatoms. The third-order valence-electron chi connectivity index (χ3n) is 4.18. The summed E-state index contributed by atoms with van der Waals surface area (Å²) in [5, 5.41) is 0. The molecular weight excluding hydrogens is 329 g/mol. The lowest BCUT2D eigenvalue weighted by atomic mass is 10.1. The second-order valence-electron chi connectivity index (χ2n) is 5.87. The maximum Gasteiger partial charge on any atom is 0.261 e. The molecule has 0 aliphatic rings. The summed E-state index contributed by atoms with van der Waals surface area (Å²) in [5.74, 6) is -0.0915. The van der Waals surface area contributed by atoms with E-state index < -0.39 is 5.82 Å². The number of benzene rings is 3. The smallest absolute Gasteiger partial charge is 0.261 e. The molecule has 0 atom stereocenters. The van der Waals surface area contributed by atoms with Crippen LogP contribution in [-0.2, 0) is 6.42 Å². The lowest BCUT2D eigenvalue weighted by molar-refractivity contribution is 0.0983. The van der Waals surface area contributed by atoms with Gasteiger partial charge in [0.2, 0.25) is 0 Å². The fourth-order valence-electron chi connectivity index (χ4n) is 2.80. The summed E-state index contributed by atoms with van der Waals surface area (Å²) in [5.41, 5.74) is 1.86. The van der Waals surface area contributed by atoms with Crippen LogP contribution in [0.5, 0.6) is 5.75 Å². The minimum atomic E-state index is -0.514. The third kappa shape index (κ3) is 4.09. The Hall–Kier alpha value is -3.14. The van der Waals surface area contributed by atoms with Gasteiger partial charge < -0.3 is 9.64 Å². The standard InChI is InChI=1S/C22H20FNO2/c1-26-19-11-7-8-17(16-19)14-15-24(18-9-3-2-4-10-18)22(25)20-12-5-6-13-21(20)23/h2-13,16H,14-15H2,1H3. The van der Waals surface area contributed by atoms with Gasteiger partial charge in [-0.1, -0.05) is 42.5 Å². The van der Waals surface area contributed by atoms with Gasteiger partial charge in [0, 0.05) is 12.2 Å². The molecule has 1 amide bonds. The average molecular weight is 349 g/mol. The minimum absolute atomic E-state index is 0.0713. The number of amides is 1. The SMILES string of the molecule is COc1cccc(CCN(C(=O)c2ccccc2F)c2ccccc2)c1. The maximum absolute atomic E-state index is 14.1. The quantitative estimate of drug-likeness (QED) is 0.644. The molecular formula is C22H20FNO2. The van der Waals surface area contributed by atoms with Crippen molar-refractivity contribution in [3.8, 4) is 5.75 Å². The van der Waals surface area contributed by atoms with Crippen LogP contribution in [0.15, 0.2) is 78.9 Å². The van der Waals surface area contributed by atoms with E-state index in [-0.39, 0.29) is 11.5 Å². The van der Waals surface area contributed by atoms with Crippen LogP contribution >= 0.6 is 0 Å². The lowest BCUT2D eigenvalue weighted by Gasteiger charge is -2.23. The Morgan fingerprint density at radius 2 is 1.69 bits per heavy atom. The number of carbonyl (C=O) groups excluding carboxylic acids is 1. The fourth-order valence-corrected chi connectivity index (χ4v) is 2.80. The zero-order valence-corrected chi connectivity index (χ0v) is 14.6. The molecule has 132 valence electrons. The van der Waals surface area contributed by atoms with E-state index >= 15 is 0 Å². The van der Waals surface area contributed by atoms with Gasteiger partial charge in [-0.25, -0.2) is 4.39 Å². The van der Waals surface area contributed by atoms with Gasteiger partial charge in [-0.3, -0.25) is 4.79 Å². The number of methoxy groups -OCH3 is 1. The molecule has 0 N–H and O–H groups in total. The fraction of sp³-hybridized carbons (Fsp3) is 0.136. The molecule has 0 spiro atoms. The number of hydrogen-bond donors (Lipinski definition) is 0. The van der Waals surface area contributed by atoms with Crippen molar-refractivity contribution in [3.63, 3.8) is 0 Å². The van der Waals surface area contributed by atoms with E-state index in [1.165, 1.54) is 12.1 Å². The molecule has 26 heavy (non-hydrogen) atoms. The molecule has 0 bridgehead atoms. The van der Waals surface area contributed by atoms with Crippen molar-refractivity contribution in [3.05, 3.63) is 95.8 Å². The number of halogens is 1. The second kappa shape index (κ2) is 8.30. The Labute approximate surface area is 152 Å². The van der Waals surface area contributed by atoms with Crippen molar-refractivity contribution in [1.29, 1.82) is 0 Å². The maximum atomic E-state index is 14.1. The molecule has 0 heterocycles. The van der Waals surface area contributed by atoms with Crippen molar-refractivity contribution in [2.75, 3.05) is 18.6 Å². The van der Waals surface area contributed by atoms with Gasteiger partial charge in [-0.2, -0.15) is 0 Å². The Morgan fingerprint density at radius 1 is 0.962 bits per heavy atom. The number of para-hydroxylation sites is 1.